The first-order chi connectivity index (χ1) is 8.29. The van der Waals surface area contributed by atoms with E-state index in [-0.39, 0.29) is 0 Å². The van der Waals surface area contributed by atoms with Gasteiger partial charge in [-0.05, 0) is 31.0 Å². The minimum atomic E-state index is 0.383. The van der Waals surface area contributed by atoms with Crippen LogP contribution in [-0.4, -0.2) is 13.2 Å². The van der Waals surface area contributed by atoms with E-state index < -0.39 is 0 Å². The Bertz CT molecular complexity index is 364. The topological polar surface area (TPSA) is 30.5 Å². The minimum Gasteiger partial charge on any atom is -0.496 e. The van der Waals surface area contributed by atoms with Gasteiger partial charge >= 0.3 is 0 Å². The predicted molar refractivity (Wildman–Crippen MR) is 70.9 cm³/mol. The van der Waals surface area contributed by atoms with E-state index in [0.717, 1.165) is 15.8 Å². The Morgan fingerprint density at radius 1 is 1.35 bits per heavy atom. The maximum atomic E-state index is 5.63. The highest BCUT2D eigenvalue weighted by atomic mass is 79.9. The van der Waals surface area contributed by atoms with Gasteiger partial charge in [0.2, 0.25) is 0 Å². The largest absolute Gasteiger partial charge is 0.496 e. The Morgan fingerprint density at radius 3 is 2.82 bits per heavy atom. The Labute approximate surface area is 111 Å². The van der Waals surface area contributed by atoms with Gasteiger partial charge < -0.3 is 4.74 Å². The average molecular weight is 300 g/mol. The van der Waals surface area contributed by atoms with Gasteiger partial charge in [-0.15, -0.1) is 0 Å². The molecule has 0 amide bonds. The molecule has 17 heavy (non-hydrogen) atoms. The van der Waals surface area contributed by atoms with Crippen molar-refractivity contribution in [3.05, 3.63) is 28.2 Å². The lowest BCUT2D eigenvalue weighted by Gasteiger charge is -2.13. The normalized spacial score (nSPS) is 16.4. The summed E-state index contributed by atoms with van der Waals surface area (Å²) in [6, 6.07) is 5.97. The van der Waals surface area contributed by atoms with Crippen molar-refractivity contribution in [2.75, 3.05) is 7.11 Å². The molecule has 1 fully saturated rings. The summed E-state index contributed by atoms with van der Waals surface area (Å²) in [6.45, 7) is 0.666. The van der Waals surface area contributed by atoms with Crippen molar-refractivity contribution in [3.63, 3.8) is 0 Å². The van der Waals surface area contributed by atoms with Crippen LogP contribution in [0, 0.1) is 0 Å². The Hall–Kier alpha value is -0.580. The van der Waals surface area contributed by atoms with Crippen LogP contribution < -0.4 is 10.2 Å². The number of hydroxylamine groups is 1. The highest BCUT2D eigenvalue weighted by molar-refractivity contribution is 9.10. The summed E-state index contributed by atoms with van der Waals surface area (Å²) in [4.78, 5) is 5.63. The molecule has 0 aliphatic heterocycles. The molecule has 1 aliphatic carbocycles. The van der Waals surface area contributed by atoms with Gasteiger partial charge in [-0.1, -0.05) is 28.8 Å². The van der Waals surface area contributed by atoms with E-state index in [0.29, 0.717) is 12.6 Å². The van der Waals surface area contributed by atoms with Crippen molar-refractivity contribution in [1.82, 2.24) is 5.48 Å². The predicted octanol–water partition coefficient (Wildman–Crippen LogP) is 3.42. The highest BCUT2D eigenvalue weighted by Gasteiger charge is 2.15. The van der Waals surface area contributed by atoms with Crippen LogP contribution in [-0.2, 0) is 11.4 Å². The van der Waals surface area contributed by atoms with E-state index in [1.165, 1.54) is 25.7 Å². The molecule has 1 N–H and O–H groups in total. The fourth-order valence-corrected chi connectivity index (χ4v) is 2.54. The van der Waals surface area contributed by atoms with Crippen LogP contribution in [0.5, 0.6) is 5.75 Å². The van der Waals surface area contributed by atoms with E-state index in [1.54, 1.807) is 7.11 Å². The number of benzene rings is 1. The second-order valence-electron chi connectivity index (χ2n) is 4.30. The molecule has 0 saturated heterocycles. The first-order valence-electron chi connectivity index (χ1n) is 6.00. The Balaban J connectivity index is 1.86. The molecule has 0 bridgehead atoms. The molecule has 0 heterocycles. The number of hydrogen-bond donors (Lipinski definition) is 1. The summed E-state index contributed by atoms with van der Waals surface area (Å²) in [5, 5.41) is 0. The van der Waals surface area contributed by atoms with Gasteiger partial charge in [0.25, 0.3) is 0 Å². The van der Waals surface area contributed by atoms with Crippen molar-refractivity contribution < 1.29 is 9.57 Å². The summed E-state index contributed by atoms with van der Waals surface area (Å²) in [5.74, 6) is 0.885. The van der Waals surface area contributed by atoms with Crippen LogP contribution in [0.2, 0.25) is 0 Å². The molecule has 0 aromatic heterocycles. The average Bonchev–Trinajstić information content (AvgIpc) is 2.82. The van der Waals surface area contributed by atoms with Gasteiger partial charge in [0.05, 0.1) is 13.2 Å². The first-order valence-corrected chi connectivity index (χ1v) is 6.80. The third-order valence-electron chi connectivity index (χ3n) is 3.06. The fourth-order valence-electron chi connectivity index (χ4n) is 2.13. The van der Waals surface area contributed by atoms with Gasteiger partial charge in [-0.2, -0.15) is 5.48 Å². The zero-order valence-electron chi connectivity index (χ0n) is 10.0. The Kier molecular flexibility index (Phi) is 4.83. The van der Waals surface area contributed by atoms with Crippen LogP contribution in [0.4, 0.5) is 0 Å². The molecule has 0 atom stereocenters. The molecule has 1 aromatic carbocycles. The molecule has 2 rings (SSSR count). The number of ether oxygens (including phenoxy) is 1. The third-order valence-corrected chi connectivity index (χ3v) is 3.55. The van der Waals surface area contributed by atoms with Gasteiger partial charge in [0.1, 0.15) is 5.75 Å². The number of nitrogens with one attached hydrogen (secondary N) is 1. The van der Waals surface area contributed by atoms with Crippen LogP contribution in [0.15, 0.2) is 22.7 Å². The fraction of sp³-hybridized carbons (Fsp3) is 0.538. The second kappa shape index (κ2) is 6.38. The zero-order chi connectivity index (χ0) is 12.1. The standard InChI is InChI=1S/C13H18BrNO2/c1-16-13-7-6-11(14)8-10(13)9-15-17-12-4-2-3-5-12/h6-8,12,15H,2-5,9H2,1H3. The monoisotopic (exact) mass is 299 g/mol. The molecule has 1 aliphatic rings. The number of halogens is 1. The molecular weight excluding hydrogens is 282 g/mol. The van der Waals surface area contributed by atoms with E-state index in [2.05, 4.69) is 21.4 Å². The number of hydrogen-bond acceptors (Lipinski definition) is 3. The maximum Gasteiger partial charge on any atom is 0.123 e. The maximum absolute atomic E-state index is 5.63. The van der Waals surface area contributed by atoms with Crippen molar-refractivity contribution in [1.29, 1.82) is 0 Å². The summed E-state index contributed by atoms with van der Waals surface area (Å²) in [6.07, 6.45) is 5.29. The zero-order valence-corrected chi connectivity index (χ0v) is 11.6. The molecule has 1 saturated carbocycles. The molecule has 94 valence electrons. The van der Waals surface area contributed by atoms with Crippen LogP contribution in [0.25, 0.3) is 0 Å². The van der Waals surface area contributed by atoms with Crippen LogP contribution in [0.1, 0.15) is 31.2 Å². The van der Waals surface area contributed by atoms with Crippen LogP contribution >= 0.6 is 15.9 Å². The third kappa shape index (κ3) is 3.69. The summed E-state index contributed by atoms with van der Waals surface area (Å²) < 4.78 is 6.36. The molecule has 4 heteroatoms. The molecule has 3 nitrogen and oxygen atoms in total. The highest BCUT2D eigenvalue weighted by Crippen LogP contribution is 2.23. The van der Waals surface area contributed by atoms with Crippen LogP contribution in [0.3, 0.4) is 0 Å². The molecule has 0 radical (unpaired) electrons. The number of methoxy groups -OCH3 is 1. The van der Waals surface area contributed by atoms with Crippen molar-refractivity contribution in [2.45, 2.75) is 38.3 Å². The quantitative estimate of drug-likeness (QED) is 0.845. The Morgan fingerprint density at radius 2 is 2.12 bits per heavy atom. The van der Waals surface area contributed by atoms with Crippen molar-refractivity contribution >= 4 is 15.9 Å². The minimum absolute atomic E-state index is 0.383. The lowest BCUT2D eigenvalue weighted by atomic mass is 10.2. The van der Waals surface area contributed by atoms with Gasteiger partial charge in [-0.25, -0.2) is 0 Å². The first kappa shape index (κ1) is 12.9. The smallest absolute Gasteiger partial charge is 0.123 e. The second-order valence-corrected chi connectivity index (χ2v) is 5.22. The molecule has 0 spiro atoms. The van der Waals surface area contributed by atoms with E-state index >= 15 is 0 Å². The van der Waals surface area contributed by atoms with Crippen molar-refractivity contribution in [3.8, 4) is 5.75 Å². The molecule has 0 unspecified atom stereocenters. The molecule has 1 aromatic rings. The van der Waals surface area contributed by atoms with E-state index in [4.69, 9.17) is 9.57 Å². The number of rotatable bonds is 5. The van der Waals surface area contributed by atoms with E-state index in [9.17, 15) is 0 Å². The summed E-state index contributed by atoms with van der Waals surface area (Å²) in [5.41, 5.74) is 4.14. The lowest BCUT2D eigenvalue weighted by Crippen LogP contribution is -2.21. The van der Waals surface area contributed by atoms with E-state index in [1.807, 2.05) is 18.2 Å². The molecular formula is C13H18BrNO2. The summed E-state index contributed by atoms with van der Waals surface area (Å²) >= 11 is 3.46. The van der Waals surface area contributed by atoms with Gasteiger partial charge in [-0.3, -0.25) is 4.84 Å². The SMILES string of the molecule is COc1ccc(Br)cc1CNOC1CCCC1. The lowest BCUT2D eigenvalue weighted by molar-refractivity contribution is -0.0246. The van der Waals surface area contributed by atoms with Gasteiger partial charge in [0.15, 0.2) is 0 Å². The van der Waals surface area contributed by atoms with Gasteiger partial charge in [0, 0.05) is 16.6 Å². The van der Waals surface area contributed by atoms with Crippen molar-refractivity contribution in [2.24, 2.45) is 0 Å². The summed E-state index contributed by atoms with van der Waals surface area (Å²) in [7, 11) is 1.69.